The third kappa shape index (κ3) is 3.81. The van der Waals surface area contributed by atoms with Gasteiger partial charge in [-0.05, 0) is 40.6 Å². The molecular formula is C22H20Cl2N2O2. The lowest BCUT2D eigenvalue weighted by atomic mass is 9.93. The van der Waals surface area contributed by atoms with Crippen LogP contribution in [0.2, 0.25) is 10.0 Å². The van der Waals surface area contributed by atoms with E-state index >= 15 is 0 Å². The number of aliphatic imine (C=N–C) groups is 1. The molecule has 0 fully saturated rings. The predicted octanol–water partition coefficient (Wildman–Crippen LogP) is 5.19. The lowest BCUT2D eigenvalue weighted by Gasteiger charge is -2.19. The number of hydrogen-bond acceptors (Lipinski definition) is 4. The van der Waals surface area contributed by atoms with Crippen molar-refractivity contribution in [3.05, 3.63) is 64.1 Å². The van der Waals surface area contributed by atoms with E-state index in [9.17, 15) is 0 Å². The highest BCUT2D eigenvalue weighted by atomic mass is 35.5. The zero-order chi connectivity index (χ0) is 19.5. The van der Waals surface area contributed by atoms with E-state index in [2.05, 4.69) is 28.5 Å². The summed E-state index contributed by atoms with van der Waals surface area (Å²) < 4.78 is 11.4. The molecule has 0 atom stereocenters. The van der Waals surface area contributed by atoms with Crippen LogP contribution in [0.4, 0.5) is 0 Å². The molecule has 144 valence electrons. The Morgan fingerprint density at radius 3 is 2.54 bits per heavy atom. The normalized spacial score (nSPS) is 13.5. The third-order valence-electron chi connectivity index (χ3n) is 4.62. The van der Waals surface area contributed by atoms with Crippen LogP contribution < -0.4 is 10.1 Å². The Balaban J connectivity index is 2.01. The van der Waals surface area contributed by atoms with Crippen LogP contribution in [0.5, 0.6) is 5.75 Å². The molecule has 1 heterocycles. The van der Waals surface area contributed by atoms with Gasteiger partial charge in [0, 0.05) is 29.3 Å². The van der Waals surface area contributed by atoms with E-state index < -0.39 is 0 Å². The summed E-state index contributed by atoms with van der Waals surface area (Å²) in [7, 11) is 1.66. The van der Waals surface area contributed by atoms with Crippen molar-refractivity contribution in [1.29, 1.82) is 0 Å². The first-order valence-corrected chi connectivity index (χ1v) is 9.85. The molecule has 3 aromatic rings. The zero-order valence-electron chi connectivity index (χ0n) is 15.5. The maximum Gasteiger partial charge on any atom is 0.138 e. The number of ether oxygens (including phenoxy) is 2. The van der Waals surface area contributed by atoms with Crippen molar-refractivity contribution in [3.8, 4) is 16.9 Å². The standard InChI is InChI=1S/C22H20Cl2N2O2/c1-27-8-9-28-21-19(22-25-6-7-26-22)12-14-4-2-3-5-18(14)20(21)15-10-16(23)13-17(24)11-15/h2-5,10-13H,6-9H2,1H3,(H,25,26). The fourth-order valence-electron chi connectivity index (χ4n) is 3.44. The number of nitrogens with zero attached hydrogens (tertiary/aromatic N) is 1. The summed E-state index contributed by atoms with van der Waals surface area (Å²) in [5, 5.41) is 6.68. The fraction of sp³-hybridized carbons (Fsp3) is 0.227. The van der Waals surface area contributed by atoms with Gasteiger partial charge in [-0.1, -0.05) is 47.5 Å². The van der Waals surface area contributed by atoms with E-state index in [1.165, 1.54) is 0 Å². The molecule has 0 amide bonds. The van der Waals surface area contributed by atoms with Crippen molar-refractivity contribution in [2.45, 2.75) is 0 Å². The van der Waals surface area contributed by atoms with Gasteiger partial charge in [-0.25, -0.2) is 0 Å². The van der Waals surface area contributed by atoms with Crippen molar-refractivity contribution in [3.63, 3.8) is 0 Å². The molecule has 4 rings (SSSR count). The summed E-state index contributed by atoms with van der Waals surface area (Å²) in [6.45, 7) is 2.48. The largest absolute Gasteiger partial charge is 0.490 e. The van der Waals surface area contributed by atoms with Crippen molar-refractivity contribution in [1.82, 2.24) is 5.32 Å². The average molecular weight is 415 g/mol. The third-order valence-corrected chi connectivity index (χ3v) is 5.05. The molecule has 0 bridgehead atoms. The second-order valence-corrected chi connectivity index (χ2v) is 7.38. The Hall–Kier alpha value is -2.27. The molecule has 1 aliphatic rings. The van der Waals surface area contributed by atoms with Crippen LogP contribution in [0.1, 0.15) is 5.56 Å². The van der Waals surface area contributed by atoms with Gasteiger partial charge in [0.1, 0.15) is 18.2 Å². The maximum absolute atomic E-state index is 6.32. The lowest BCUT2D eigenvalue weighted by molar-refractivity contribution is 0.146. The highest BCUT2D eigenvalue weighted by molar-refractivity contribution is 6.35. The summed E-state index contributed by atoms with van der Waals surface area (Å²) in [6.07, 6.45) is 0. The first-order chi connectivity index (χ1) is 13.7. The Labute approximate surface area is 174 Å². The van der Waals surface area contributed by atoms with Crippen LogP contribution in [0, 0.1) is 0 Å². The van der Waals surface area contributed by atoms with E-state index in [1.54, 1.807) is 13.2 Å². The molecule has 3 aromatic carbocycles. The Kier molecular flexibility index (Phi) is 5.72. The lowest BCUT2D eigenvalue weighted by Crippen LogP contribution is -2.21. The van der Waals surface area contributed by atoms with Crippen LogP contribution in [-0.4, -0.2) is 39.2 Å². The number of nitrogens with one attached hydrogen (secondary N) is 1. The molecule has 1 aliphatic heterocycles. The zero-order valence-corrected chi connectivity index (χ0v) is 17.0. The summed E-state index contributed by atoms with van der Waals surface area (Å²) in [4.78, 5) is 4.61. The number of benzene rings is 3. The molecule has 0 aromatic heterocycles. The number of rotatable bonds is 6. The van der Waals surface area contributed by atoms with Crippen molar-refractivity contribution >= 4 is 39.8 Å². The van der Waals surface area contributed by atoms with Crippen LogP contribution in [-0.2, 0) is 4.74 Å². The van der Waals surface area contributed by atoms with Crippen LogP contribution in [0.3, 0.4) is 0 Å². The van der Waals surface area contributed by atoms with Gasteiger partial charge in [-0.2, -0.15) is 0 Å². The minimum atomic E-state index is 0.427. The molecule has 0 radical (unpaired) electrons. The first-order valence-electron chi connectivity index (χ1n) is 9.10. The second kappa shape index (κ2) is 8.39. The minimum absolute atomic E-state index is 0.427. The summed E-state index contributed by atoms with van der Waals surface area (Å²) >= 11 is 12.6. The molecular weight excluding hydrogens is 395 g/mol. The molecule has 0 saturated carbocycles. The van der Waals surface area contributed by atoms with E-state index in [0.717, 1.165) is 52.1 Å². The SMILES string of the molecule is COCCOc1c(C2=NCCN2)cc2ccccc2c1-c1cc(Cl)cc(Cl)c1. The number of amidine groups is 1. The van der Waals surface area contributed by atoms with Gasteiger partial charge in [0.2, 0.25) is 0 Å². The van der Waals surface area contributed by atoms with E-state index in [4.69, 9.17) is 32.7 Å². The molecule has 0 unspecified atom stereocenters. The Morgan fingerprint density at radius 2 is 1.82 bits per heavy atom. The highest BCUT2D eigenvalue weighted by Crippen LogP contribution is 2.42. The minimum Gasteiger partial charge on any atom is -0.490 e. The smallest absolute Gasteiger partial charge is 0.138 e. The van der Waals surface area contributed by atoms with Gasteiger partial charge in [0.25, 0.3) is 0 Å². The van der Waals surface area contributed by atoms with Gasteiger partial charge in [-0.15, -0.1) is 0 Å². The number of fused-ring (bicyclic) bond motifs is 1. The van der Waals surface area contributed by atoms with Crippen LogP contribution >= 0.6 is 23.2 Å². The quantitative estimate of drug-likeness (QED) is 0.564. The van der Waals surface area contributed by atoms with Gasteiger partial charge in [0.15, 0.2) is 0 Å². The van der Waals surface area contributed by atoms with Gasteiger partial charge in [0.05, 0.1) is 18.7 Å². The summed E-state index contributed by atoms with van der Waals surface area (Å²) in [5.74, 6) is 1.59. The fourth-order valence-corrected chi connectivity index (χ4v) is 3.97. The van der Waals surface area contributed by atoms with E-state index in [1.807, 2.05) is 24.3 Å². The molecule has 0 aliphatic carbocycles. The molecule has 6 heteroatoms. The molecule has 4 nitrogen and oxygen atoms in total. The van der Waals surface area contributed by atoms with Crippen molar-refractivity contribution in [2.24, 2.45) is 4.99 Å². The van der Waals surface area contributed by atoms with Crippen molar-refractivity contribution < 1.29 is 9.47 Å². The number of methoxy groups -OCH3 is 1. The summed E-state index contributed by atoms with van der Waals surface area (Å²) in [5.41, 5.74) is 2.78. The number of hydrogen-bond donors (Lipinski definition) is 1. The number of halogens is 2. The average Bonchev–Trinajstić information content (AvgIpc) is 3.21. The van der Waals surface area contributed by atoms with Gasteiger partial charge < -0.3 is 14.8 Å². The predicted molar refractivity (Wildman–Crippen MR) is 116 cm³/mol. The Bertz CT molecular complexity index is 1030. The van der Waals surface area contributed by atoms with Crippen molar-refractivity contribution in [2.75, 3.05) is 33.4 Å². The highest BCUT2D eigenvalue weighted by Gasteiger charge is 2.22. The molecule has 1 N–H and O–H groups in total. The van der Waals surface area contributed by atoms with Crippen LogP contribution in [0.15, 0.2) is 53.5 Å². The maximum atomic E-state index is 6.32. The Morgan fingerprint density at radius 1 is 1.04 bits per heavy atom. The molecule has 0 spiro atoms. The van der Waals surface area contributed by atoms with Gasteiger partial charge >= 0.3 is 0 Å². The summed E-state index contributed by atoms with van der Waals surface area (Å²) in [6, 6.07) is 15.9. The van der Waals surface area contributed by atoms with E-state index in [-0.39, 0.29) is 0 Å². The first kappa shape index (κ1) is 19.1. The second-order valence-electron chi connectivity index (χ2n) is 6.51. The monoisotopic (exact) mass is 414 g/mol. The molecule has 28 heavy (non-hydrogen) atoms. The topological polar surface area (TPSA) is 42.9 Å². The van der Waals surface area contributed by atoms with E-state index in [0.29, 0.717) is 23.3 Å². The molecule has 0 saturated heterocycles. The van der Waals surface area contributed by atoms with Crippen LogP contribution in [0.25, 0.3) is 21.9 Å². The van der Waals surface area contributed by atoms with Gasteiger partial charge in [-0.3, -0.25) is 4.99 Å².